The van der Waals surface area contributed by atoms with Crippen LogP contribution in [0.25, 0.3) is 11.3 Å². The lowest BCUT2D eigenvalue weighted by Gasteiger charge is -2.20. The van der Waals surface area contributed by atoms with Crippen molar-refractivity contribution in [2.24, 2.45) is 0 Å². The van der Waals surface area contributed by atoms with Gasteiger partial charge in [0.15, 0.2) is 0 Å². The molecule has 0 bridgehead atoms. The van der Waals surface area contributed by atoms with Gasteiger partial charge in [0.05, 0.1) is 29.6 Å². The van der Waals surface area contributed by atoms with Gasteiger partial charge in [-0.25, -0.2) is 9.59 Å². The standard InChI is InChI=1S/C19H21NO4/c1-12-15(18(22)24-19(2,3)4)10-11-16(20-12)13-6-8-14(9-7-13)17(21)23-5/h6-11H,1-5H3. The minimum absolute atomic E-state index is 0.383. The van der Waals surface area contributed by atoms with Crippen LogP contribution < -0.4 is 0 Å². The molecule has 0 atom stereocenters. The number of aromatic nitrogens is 1. The van der Waals surface area contributed by atoms with Gasteiger partial charge in [0, 0.05) is 5.56 Å². The zero-order valence-electron chi connectivity index (χ0n) is 14.5. The summed E-state index contributed by atoms with van der Waals surface area (Å²) in [5, 5.41) is 0. The summed E-state index contributed by atoms with van der Waals surface area (Å²) < 4.78 is 10.1. The van der Waals surface area contributed by atoms with Gasteiger partial charge in [-0.15, -0.1) is 0 Å². The molecule has 0 amide bonds. The number of benzene rings is 1. The summed E-state index contributed by atoms with van der Waals surface area (Å²) in [6, 6.07) is 10.4. The molecule has 5 heteroatoms. The topological polar surface area (TPSA) is 65.5 Å². The quantitative estimate of drug-likeness (QED) is 0.802. The van der Waals surface area contributed by atoms with Crippen molar-refractivity contribution in [3.05, 3.63) is 53.2 Å². The number of rotatable bonds is 3. The van der Waals surface area contributed by atoms with Crippen LogP contribution in [0, 0.1) is 6.92 Å². The molecule has 2 aromatic rings. The predicted molar refractivity (Wildman–Crippen MR) is 90.9 cm³/mol. The van der Waals surface area contributed by atoms with Gasteiger partial charge in [0.25, 0.3) is 0 Å². The zero-order valence-corrected chi connectivity index (χ0v) is 14.5. The van der Waals surface area contributed by atoms with Crippen LogP contribution in [0.5, 0.6) is 0 Å². The smallest absolute Gasteiger partial charge is 0.340 e. The molecule has 24 heavy (non-hydrogen) atoms. The fraction of sp³-hybridized carbons (Fsp3) is 0.316. The Morgan fingerprint density at radius 1 is 0.958 bits per heavy atom. The summed E-state index contributed by atoms with van der Waals surface area (Å²) in [4.78, 5) is 28.1. The van der Waals surface area contributed by atoms with E-state index in [2.05, 4.69) is 9.72 Å². The maximum absolute atomic E-state index is 12.2. The van der Waals surface area contributed by atoms with Crippen molar-refractivity contribution in [2.45, 2.75) is 33.3 Å². The highest BCUT2D eigenvalue weighted by molar-refractivity contribution is 5.91. The molecule has 1 heterocycles. The summed E-state index contributed by atoms with van der Waals surface area (Å²) in [6.45, 7) is 7.24. The number of nitrogens with zero attached hydrogens (tertiary/aromatic N) is 1. The summed E-state index contributed by atoms with van der Waals surface area (Å²) in [7, 11) is 1.34. The maximum Gasteiger partial charge on any atom is 0.340 e. The number of carbonyl (C=O) groups excluding carboxylic acids is 2. The van der Waals surface area contributed by atoms with Crippen LogP contribution >= 0.6 is 0 Å². The largest absolute Gasteiger partial charge is 0.465 e. The maximum atomic E-state index is 12.2. The van der Waals surface area contributed by atoms with Crippen LogP contribution in [-0.2, 0) is 9.47 Å². The van der Waals surface area contributed by atoms with Crippen LogP contribution in [0.1, 0.15) is 47.2 Å². The second-order valence-corrected chi connectivity index (χ2v) is 6.40. The Balaban J connectivity index is 2.26. The summed E-state index contributed by atoms with van der Waals surface area (Å²) in [5.74, 6) is -0.772. The number of aryl methyl sites for hydroxylation is 1. The summed E-state index contributed by atoms with van der Waals surface area (Å²) in [5.41, 5.74) is 2.53. The average molecular weight is 327 g/mol. The average Bonchev–Trinajstić information content (AvgIpc) is 2.52. The van der Waals surface area contributed by atoms with Crippen molar-refractivity contribution in [1.29, 1.82) is 0 Å². The lowest BCUT2D eigenvalue weighted by Crippen LogP contribution is -2.24. The molecule has 0 spiro atoms. The highest BCUT2D eigenvalue weighted by Gasteiger charge is 2.20. The first-order chi connectivity index (χ1) is 11.2. The fourth-order valence-electron chi connectivity index (χ4n) is 2.17. The number of hydrogen-bond donors (Lipinski definition) is 0. The van der Waals surface area contributed by atoms with Crippen molar-refractivity contribution in [2.75, 3.05) is 7.11 Å². The van der Waals surface area contributed by atoms with E-state index in [0.29, 0.717) is 16.8 Å². The van der Waals surface area contributed by atoms with Crippen LogP contribution in [0.3, 0.4) is 0 Å². The van der Waals surface area contributed by atoms with Gasteiger partial charge in [0.1, 0.15) is 5.60 Å². The molecular formula is C19H21NO4. The van der Waals surface area contributed by atoms with Crippen LogP contribution in [-0.4, -0.2) is 29.6 Å². The van der Waals surface area contributed by atoms with Gasteiger partial charge in [-0.2, -0.15) is 0 Å². The molecule has 0 aliphatic heterocycles. The van der Waals surface area contributed by atoms with E-state index < -0.39 is 5.60 Å². The third kappa shape index (κ3) is 4.19. The first-order valence-electron chi connectivity index (χ1n) is 7.61. The highest BCUT2D eigenvalue weighted by Crippen LogP contribution is 2.21. The van der Waals surface area contributed by atoms with Crippen LogP contribution in [0.2, 0.25) is 0 Å². The zero-order chi connectivity index (χ0) is 17.9. The van der Waals surface area contributed by atoms with Crippen molar-refractivity contribution in [3.8, 4) is 11.3 Å². The Bertz CT molecular complexity index is 758. The first kappa shape index (κ1) is 17.7. The molecule has 0 aliphatic carbocycles. The molecule has 1 aromatic carbocycles. The molecule has 0 saturated carbocycles. The molecule has 0 saturated heterocycles. The van der Waals surface area contributed by atoms with Gasteiger partial charge in [-0.1, -0.05) is 12.1 Å². The molecule has 126 valence electrons. The van der Waals surface area contributed by atoms with Crippen molar-refractivity contribution >= 4 is 11.9 Å². The van der Waals surface area contributed by atoms with E-state index in [1.54, 1.807) is 43.3 Å². The number of carbonyl (C=O) groups is 2. The molecule has 1 aromatic heterocycles. The van der Waals surface area contributed by atoms with E-state index in [1.165, 1.54) is 7.11 Å². The molecular weight excluding hydrogens is 306 g/mol. The number of pyridine rings is 1. The van der Waals surface area contributed by atoms with E-state index >= 15 is 0 Å². The molecule has 0 N–H and O–H groups in total. The summed E-state index contributed by atoms with van der Waals surface area (Å²) >= 11 is 0. The Morgan fingerprint density at radius 2 is 1.58 bits per heavy atom. The van der Waals surface area contributed by atoms with Gasteiger partial charge < -0.3 is 9.47 Å². The van der Waals surface area contributed by atoms with Gasteiger partial charge >= 0.3 is 11.9 Å². The summed E-state index contributed by atoms with van der Waals surface area (Å²) in [6.07, 6.45) is 0. The monoisotopic (exact) mass is 327 g/mol. The first-order valence-corrected chi connectivity index (χ1v) is 7.61. The van der Waals surface area contributed by atoms with Gasteiger partial charge in [-0.3, -0.25) is 4.98 Å². The highest BCUT2D eigenvalue weighted by atomic mass is 16.6. The van der Waals surface area contributed by atoms with Crippen LogP contribution in [0.15, 0.2) is 36.4 Å². The molecule has 0 radical (unpaired) electrons. The van der Waals surface area contributed by atoms with Crippen molar-refractivity contribution < 1.29 is 19.1 Å². The molecule has 0 aliphatic rings. The minimum Gasteiger partial charge on any atom is -0.465 e. The van der Waals surface area contributed by atoms with E-state index in [1.807, 2.05) is 20.8 Å². The van der Waals surface area contributed by atoms with E-state index in [9.17, 15) is 9.59 Å². The predicted octanol–water partition coefficient (Wildman–Crippen LogP) is 3.80. The molecule has 5 nitrogen and oxygen atoms in total. The molecule has 0 fully saturated rings. The third-order valence-corrected chi connectivity index (χ3v) is 3.31. The second kappa shape index (κ2) is 6.83. The van der Waals surface area contributed by atoms with Gasteiger partial charge in [0.2, 0.25) is 0 Å². The normalized spacial score (nSPS) is 11.0. The van der Waals surface area contributed by atoms with Gasteiger partial charge in [-0.05, 0) is 52.0 Å². The van der Waals surface area contributed by atoms with Crippen molar-refractivity contribution in [1.82, 2.24) is 4.98 Å². The number of ether oxygens (including phenoxy) is 2. The SMILES string of the molecule is COC(=O)c1ccc(-c2ccc(C(=O)OC(C)(C)C)c(C)n2)cc1. The van der Waals surface area contributed by atoms with Crippen molar-refractivity contribution in [3.63, 3.8) is 0 Å². The van der Waals surface area contributed by atoms with E-state index in [4.69, 9.17) is 4.74 Å². The van der Waals surface area contributed by atoms with Crippen LogP contribution in [0.4, 0.5) is 0 Å². The second-order valence-electron chi connectivity index (χ2n) is 6.40. The Morgan fingerprint density at radius 3 is 2.08 bits per heavy atom. The Hall–Kier alpha value is -2.69. The number of methoxy groups -OCH3 is 1. The fourth-order valence-corrected chi connectivity index (χ4v) is 2.17. The number of hydrogen-bond acceptors (Lipinski definition) is 5. The lowest BCUT2D eigenvalue weighted by molar-refractivity contribution is 0.00681. The minimum atomic E-state index is -0.550. The number of esters is 2. The van der Waals surface area contributed by atoms with E-state index in [-0.39, 0.29) is 11.9 Å². The lowest BCUT2D eigenvalue weighted by atomic mass is 10.1. The third-order valence-electron chi connectivity index (χ3n) is 3.31. The van der Waals surface area contributed by atoms with E-state index in [0.717, 1.165) is 11.3 Å². The molecule has 0 unspecified atom stereocenters. The molecule has 2 rings (SSSR count). The Labute approximate surface area is 141 Å². The Kier molecular flexibility index (Phi) is 5.02.